The summed E-state index contributed by atoms with van der Waals surface area (Å²) in [4.78, 5) is 16.4. The summed E-state index contributed by atoms with van der Waals surface area (Å²) in [6.45, 7) is 11.4. The molecule has 0 spiro atoms. The number of esters is 1. The summed E-state index contributed by atoms with van der Waals surface area (Å²) in [6.07, 6.45) is 1.35. The molecule has 0 aliphatic heterocycles. The molecule has 0 unspecified atom stereocenters. The summed E-state index contributed by atoms with van der Waals surface area (Å²) in [5.41, 5.74) is 6.57. The van der Waals surface area contributed by atoms with Crippen molar-refractivity contribution in [1.29, 1.82) is 0 Å². The molecule has 2 N–H and O–H groups in total. The molecular weight excluding hydrogens is 355 g/mol. The lowest BCUT2D eigenvalue weighted by Crippen LogP contribution is -2.21. The van der Waals surface area contributed by atoms with Gasteiger partial charge < -0.3 is 10.5 Å². The van der Waals surface area contributed by atoms with Gasteiger partial charge in [-0.3, -0.25) is 4.79 Å². The van der Waals surface area contributed by atoms with Crippen molar-refractivity contribution in [3.8, 4) is 0 Å². The molecule has 0 radical (unpaired) electrons. The van der Waals surface area contributed by atoms with Gasteiger partial charge in [0.25, 0.3) is 0 Å². The van der Waals surface area contributed by atoms with Crippen molar-refractivity contribution >= 4 is 42.1 Å². The van der Waals surface area contributed by atoms with Gasteiger partial charge in [-0.05, 0) is 24.8 Å². The Labute approximate surface area is 156 Å². The number of hydrogen-bond acceptors (Lipinski definition) is 5. The Morgan fingerprint density at radius 3 is 2.39 bits per heavy atom. The average Bonchev–Trinajstić information content (AvgIpc) is 2.83. The summed E-state index contributed by atoms with van der Waals surface area (Å²) < 4.78 is 5.32. The molecule has 7 heteroatoms. The van der Waals surface area contributed by atoms with Crippen LogP contribution in [-0.2, 0) is 21.6 Å². The van der Waals surface area contributed by atoms with E-state index in [0.717, 1.165) is 17.1 Å². The Hall–Kier alpha value is -0.360. The third-order valence-corrected chi connectivity index (χ3v) is 4.48. The summed E-state index contributed by atoms with van der Waals surface area (Å²) in [7, 11) is 0. The molecule has 136 valence electrons. The van der Waals surface area contributed by atoms with Crippen LogP contribution in [0.1, 0.15) is 58.2 Å². The second-order valence-corrected chi connectivity index (χ2v) is 7.85. The molecule has 0 aliphatic carbocycles. The molecule has 1 rings (SSSR count). The highest BCUT2D eigenvalue weighted by Crippen LogP contribution is 2.25. The van der Waals surface area contributed by atoms with Crippen LogP contribution < -0.4 is 5.73 Å². The maximum atomic E-state index is 11.9. The van der Waals surface area contributed by atoms with Gasteiger partial charge in [-0.15, -0.1) is 36.2 Å². The molecule has 0 bridgehead atoms. The maximum Gasteiger partial charge on any atom is 0.306 e. The van der Waals surface area contributed by atoms with E-state index in [0.29, 0.717) is 18.9 Å². The van der Waals surface area contributed by atoms with E-state index in [2.05, 4.69) is 39.6 Å². The quantitative estimate of drug-likeness (QED) is 0.709. The monoisotopic (exact) mass is 384 g/mol. The summed E-state index contributed by atoms with van der Waals surface area (Å²) >= 11 is 1.61. The van der Waals surface area contributed by atoms with Gasteiger partial charge in [-0.2, -0.15) is 0 Å². The fraction of sp³-hybridized carbons (Fsp3) is 0.750. The van der Waals surface area contributed by atoms with E-state index in [4.69, 9.17) is 10.5 Å². The van der Waals surface area contributed by atoms with Crippen molar-refractivity contribution < 1.29 is 9.53 Å². The molecule has 4 nitrogen and oxygen atoms in total. The third kappa shape index (κ3) is 9.50. The van der Waals surface area contributed by atoms with Gasteiger partial charge in [0, 0.05) is 17.2 Å². The number of carbonyl (C=O) groups is 1. The van der Waals surface area contributed by atoms with Crippen molar-refractivity contribution in [3.05, 3.63) is 16.1 Å². The van der Waals surface area contributed by atoms with E-state index < -0.39 is 0 Å². The SMILES string of the molecule is CC(C)C[C@H](CN)CC(=O)OCc1csc(C(C)(C)C)n1.Cl.Cl. The van der Waals surface area contributed by atoms with Gasteiger partial charge in [0.1, 0.15) is 6.61 Å². The second-order valence-electron chi connectivity index (χ2n) is 6.99. The Bertz CT molecular complexity index is 459. The molecule has 1 aromatic heterocycles. The minimum absolute atomic E-state index is 0. The van der Waals surface area contributed by atoms with Crippen LogP contribution in [0, 0.1) is 11.8 Å². The standard InChI is InChI=1S/C16H28N2O2S.2ClH/c1-11(2)6-12(8-17)7-14(19)20-9-13-10-21-15(18-13)16(3,4)5;;/h10-12H,6-9,17H2,1-5H3;2*1H/t12-;;/m0../s1. The molecule has 1 heterocycles. The van der Waals surface area contributed by atoms with Crippen LogP contribution in [0.4, 0.5) is 0 Å². The lowest BCUT2D eigenvalue weighted by atomic mass is 9.94. The number of thiazole rings is 1. The molecule has 1 atom stereocenters. The van der Waals surface area contributed by atoms with Crippen molar-refractivity contribution in [2.24, 2.45) is 17.6 Å². The molecule has 0 aliphatic rings. The highest BCUT2D eigenvalue weighted by molar-refractivity contribution is 7.09. The lowest BCUT2D eigenvalue weighted by molar-refractivity contribution is -0.146. The topological polar surface area (TPSA) is 65.2 Å². The largest absolute Gasteiger partial charge is 0.459 e. The van der Waals surface area contributed by atoms with Crippen LogP contribution in [0.5, 0.6) is 0 Å². The van der Waals surface area contributed by atoms with Crippen molar-refractivity contribution in [2.45, 2.75) is 59.5 Å². The Morgan fingerprint density at radius 2 is 1.96 bits per heavy atom. The Balaban J connectivity index is 0. The van der Waals surface area contributed by atoms with Gasteiger partial charge in [0.2, 0.25) is 0 Å². The number of rotatable bonds is 7. The minimum Gasteiger partial charge on any atom is -0.459 e. The van der Waals surface area contributed by atoms with Gasteiger partial charge in [0.05, 0.1) is 10.7 Å². The Morgan fingerprint density at radius 1 is 1.35 bits per heavy atom. The van der Waals surface area contributed by atoms with E-state index >= 15 is 0 Å². The number of carbonyl (C=O) groups excluding carboxylic acids is 1. The fourth-order valence-electron chi connectivity index (χ4n) is 2.10. The molecule has 0 aromatic carbocycles. The number of ether oxygens (including phenoxy) is 1. The summed E-state index contributed by atoms with van der Waals surface area (Å²) in [5, 5.41) is 3.02. The smallest absolute Gasteiger partial charge is 0.306 e. The first-order valence-electron chi connectivity index (χ1n) is 7.53. The first kappa shape index (κ1) is 24.9. The lowest BCUT2D eigenvalue weighted by Gasteiger charge is -2.16. The average molecular weight is 385 g/mol. The van der Waals surface area contributed by atoms with Crippen LogP contribution in [0.2, 0.25) is 0 Å². The van der Waals surface area contributed by atoms with E-state index in [1.54, 1.807) is 11.3 Å². The van der Waals surface area contributed by atoms with Gasteiger partial charge in [0.15, 0.2) is 0 Å². The molecule has 23 heavy (non-hydrogen) atoms. The zero-order valence-electron chi connectivity index (χ0n) is 14.6. The zero-order chi connectivity index (χ0) is 16.0. The second kappa shape index (κ2) is 11.2. The third-order valence-electron chi connectivity index (χ3n) is 3.17. The number of halogens is 2. The predicted molar refractivity (Wildman–Crippen MR) is 102 cm³/mol. The van der Waals surface area contributed by atoms with E-state index in [1.807, 2.05) is 5.38 Å². The fourth-order valence-corrected chi connectivity index (χ4v) is 2.99. The maximum absolute atomic E-state index is 11.9. The van der Waals surface area contributed by atoms with Crippen LogP contribution in [0.25, 0.3) is 0 Å². The van der Waals surface area contributed by atoms with Crippen molar-refractivity contribution in [2.75, 3.05) is 6.54 Å². The summed E-state index contributed by atoms with van der Waals surface area (Å²) in [6, 6.07) is 0. The molecule has 0 saturated carbocycles. The first-order valence-corrected chi connectivity index (χ1v) is 8.41. The molecular formula is C16H30Cl2N2O2S. The van der Waals surface area contributed by atoms with E-state index in [-0.39, 0.29) is 48.7 Å². The summed E-state index contributed by atoms with van der Waals surface area (Å²) in [5.74, 6) is 0.564. The normalized spacial score (nSPS) is 12.3. The van der Waals surface area contributed by atoms with Crippen LogP contribution in [0.3, 0.4) is 0 Å². The predicted octanol–water partition coefficient (Wildman–Crippen LogP) is 4.34. The highest BCUT2D eigenvalue weighted by Gasteiger charge is 2.19. The molecule has 0 fully saturated rings. The zero-order valence-corrected chi connectivity index (χ0v) is 17.1. The van der Waals surface area contributed by atoms with Crippen LogP contribution in [0.15, 0.2) is 5.38 Å². The minimum atomic E-state index is -0.184. The highest BCUT2D eigenvalue weighted by atomic mass is 35.5. The van der Waals surface area contributed by atoms with E-state index in [9.17, 15) is 4.79 Å². The van der Waals surface area contributed by atoms with Crippen molar-refractivity contribution in [3.63, 3.8) is 0 Å². The number of hydrogen-bond donors (Lipinski definition) is 1. The molecule has 0 saturated heterocycles. The van der Waals surface area contributed by atoms with Crippen LogP contribution >= 0.6 is 36.2 Å². The first-order chi connectivity index (χ1) is 9.72. The number of aromatic nitrogens is 1. The number of nitrogens with zero attached hydrogens (tertiary/aromatic N) is 1. The molecule has 1 aromatic rings. The Kier molecular flexibility index (Phi) is 12.2. The van der Waals surface area contributed by atoms with E-state index in [1.165, 1.54) is 0 Å². The van der Waals surface area contributed by atoms with Gasteiger partial charge in [-0.25, -0.2) is 4.98 Å². The number of nitrogens with two attached hydrogens (primary N) is 1. The van der Waals surface area contributed by atoms with Crippen LogP contribution in [-0.4, -0.2) is 17.5 Å². The van der Waals surface area contributed by atoms with Gasteiger partial charge >= 0.3 is 5.97 Å². The van der Waals surface area contributed by atoms with Gasteiger partial charge in [-0.1, -0.05) is 34.6 Å². The molecule has 0 amide bonds. The van der Waals surface area contributed by atoms with Crippen molar-refractivity contribution in [1.82, 2.24) is 4.98 Å².